The summed E-state index contributed by atoms with van der Waals surface area (Å²) in [6, 6.07) is 0. The van der Waals surface area contributed by atoms with Gasteiger partial charge in [0.05, 0.1) is 30.3 Å². The maximum atomic E-state index is 12.9. The van der Waals surface area contributed by atoms with Crippen molar-refractivity contribution in [1.29, 1.82) is 0 Å². The molecule has 160 valence electrons. The lowest BCUT2D eigenvalue weighted by Gasteiger charge is -2.24. The topological polar surface area (TPSA) is 67.7 Å². The first-order chi connectivity index (χ1) is 13.4. The van der Waals surface area contributed by atoms with E-state index in [-0.39, 0.29) is 17.0 Å². The highest BCUT2D eigenvalue weighted by Gasteiger charge is 2.33. The molecule has 0 aromatic carbocycles. The Morgan fingerprint density at radius 2 is 1.96 bits per heavy atom. The highest BCUT2D eigenvalue weighted by molar-refractivity contribution is 7.91. The molecule has 1 saturated heterocycles. The van der Waals surface area contributed by atoms with Crippen LogP contribution >= 0.6 is 0 Å². The van der Waals surface area contributed by atoms with Crippen LogP contribution in [0.4, 0.5) is 0 Å². The van der Waals surface area contributed by atoms with Gasteiger partial charge in [0.1, 0.15) is 0 Å². The second kappa shape index (κ2) is 9.69. The van der Waals surface area contributed by atoms with Gasteiger partial charge in [-0.05, 0) is 51.7 Å². The molecule has 0 spiro atoms. The molecule has 1 aromatic rings. The summed E-state index contributed by atoms with van der Waals surface area (Å²) in [4.78, 5) is 9.02. The molecule has 2 aliphatic rings. The summed E-state index contributed by atoms with van der Waals surface area (Å²) in [5.74, 6) is 0.547. The zero-order valence-corrected chi connectivity index (χ0v) is 18.5. The summed E-state index contributed by atoms with van der Waals surface area (Å²) >= 11 is 0. The summed E-state index contributed by atoms with van der Waals surface area (Å²) in [5.41, 5.74) is 0.965. The van der Waals surface area contributed by atoms with E-state index in [2.05, 4.69) is 35.7 Å². The molecule has 0 bridgehead atoms. The van der Waals surface area contributed by atoms with E-state index in [4.69, 9.17) is 4.74 Å². The Morgan fingerprint density at radius 3 is 2.57 bits per heavy atom. The second-order valence-corrected chi connectivity index (χ2v) is 10.2. The standard InChI is InChI=1S/C20H36N4O3S/c1-4-23(5-2)11-10-22(3)14-18-13-21-20(28(25,26)16-17-8-9-17)24(18)15-19-7-6-12-27-19/h13,17,19H,4-12,14-16H2,1-3H3. The monoisotopic (exact) mass is 412 g/mol. The van der Waals surface area contributed by atoms with Crippen LogP contribution in [0.1, 0.15) is 45.2 Å². The number of hydrogen-bond donors (Lipinski definition) is 0. The summed E-state index contributed by atoms with van der Waals surface area (Å²) in [6.07, 6.45) is 5.91. The molecule has 8 heteroatoms. The molecule has 1 unspecified atom stereocenters. The molecule has 3 rings (SSSR count). The first-order valence-corrected chi connectivity index (χ1v) is 12.4. The van der Waals surface area contributed by atoms with Crippen LogP contribution in [0.3, 0.4) is 0 Å². The molecule has 1 aliphatic carbocycles. The Hall–Kier alpha value is -0.960. The van der Waals surface area contributed by atoms with Gasteiger partial charge in [-0.25, -0.2) is 13.4 Å². The third-order valence-electron chi connectivity index (χ3n) is 5.87. The molecule has 0 radical (unpaired) electrons. The SMILES string of the molecule is CCN(CC)CCN(C)Cc1cnc(S(=O)(=O)CC2CC2)n1CC1CCCO1. The van der Waals surface area contributed by atoms with Gasteiger partial charge in [0.25, 0.3) is 0 Å². The van der Waals surface area contributed by atoms with E-state index in [1.165, 1.54) is 0 Å². The van der Waals surface area contributed by atoms with Crippen molar-refractivity contribution in [1.82, 2.24) is 19.4 Å². The molecule has 1 saturated carbocycles. The zero-order chi connectivity index (χ0) is 20.1. The third-order valence-corrected chi connectivity index (χ3v) is 7.66. The summed E-state index contributed by atoms with van der Waals surface area (Å²) < 4.78 is 33.6. The quantitative estimate of drug-likeness (QED) is 0.523. The summed E-state index contributed by atoms with van der Waals surface area (Å²) in [6.45, 7) is 10.4. The maximum absolute atomic E-state index is 12.9. The fourth-order valence-electron chi connectivity index (χ4n) is 3.83. The predicted molar refractivity (Wildman–Crippen MR) is 110 cm³/mol. The Kier molecular flexibility index (Phi) is 7.53. The van der Waals surface area contributed by atoms with E-state index < -0.39 is 9.84 Å². The van der Waals surface area contributed by atoms with Crippen molar-refractivity contribution in [2.75, 3.05) is 45.6 Å². The minimum atomic E-state index is -3.35. The smallest absolute Gasteiger partial charge is 0.227 e. The number of rotatable bonds is 12. The van der Waals surface area contributed by atoms with Crippen LogP contribution in [-0.2, 0) is 27.7 Å². The van der Waals surface area contributed by atoms with Crippen molar-refractivity contribution in [3.63, 3.8) is 0 Å². The van der Waals surface area contributed by atoms with Crippen LogP contribution in [-0.4, -0.2) is 79.5 Å². The van der Waals surface area contributed by atoms with Crippen molar-refractivity contribution >= 4 is 9.84 Å². The van der Waals surface area contributed by atoms with Crippen molar-refractivity contribution in [2.45, 2.75) is 63.9 Å². The molecule has 0 amide bonds. The highest BCUT2D eigenvalue weighted by Crippen LogP contribution is 2.32. The van der Waals surface area contributed by atoms with Crippen molar-refractivity contribution in [3.8, 4) is 0 Å². The molecule has 2 heterocycles. The first-order valence-electron chi connectivity index (χ1n) is 10.7. The molecule has 1 atom stereocenters. The van der Waals surface area contributed by atoms with Crippen LogP contribution in [0.15, 0.2) is 11.4 Å². The Morgan fingerprint density at radius 1 is 1.21 bits per heavy atom. The Balaban J connectivity index is 1.73. The van der Waals surface area contributed by atoms with Crippen LogP contribution in [0.5, 0.6) is 0 Å². The number of ether oxygens (including phenoxy) is 1. The minimum absolute atomic E-state index is 0.0869. The van der Waals surface area contributed by atoms with Crippen molar-refractivity contribution in [3.05, 3.63) is 11.9 Å². The second-order valence-electron chi connectivity index (χ2n) is 8.27. The highest BCUT2D eigenvalue weighted by atomic mass is 32.2. The molecular weight excluding hydrogens is 376 g/mol. The van der Waals surface area contributed by atoms with Gasteiger partial charge in [-0.3, -0.25) is 4.90 Å². The lowest BCUT2D eigenvalue weighted by Crippen LogP contribution is -2.33. The fraction of sp³-hybridized carbons (Fsp3) is 0.850. The molecule has 2 fully saturated rings. The number of hydrogen-bond acceptors (Lipinski definition) is 6. The van der Waals surface area contributed by atoms with Gasteiger partial charge >= 0.3 is 0 Å². The maximum Gasteiger partial charge on any atom is 0.227 e. The number of sulfone groups is 1. The summed E-state index contributed by atoms with van der Waals surface area (Å²) in [7, 11) is -1.26. The van der Waals surface area contributed by atoms with E-state index in [9.17, 15) is 8.42 Å². The van der Waals surface area contributed by atoms with Gasteiger partial charge in [-0.2, -0.15) is 0 Å². The van der Waals surface area contributed by atoms with E-state index >= 15 is 0 Å². The van der Waals surface area contributed by atoms with E-state index in [0.717, 1.165) is 64.2 Å². The van der Waals surface area contributed by atoms with Crippen molar-refractivity contribution < 1.29 is 13.2 Å². The van der Waals surface area contributed by atoms with Crippen LogP contribution < -0.4 is 0 Å². The molecule has 28 heavy (non-hydrogen) atoms. The van der Waals surface area contributed by atoms with Gasteiger partial charge in [0.2, 0.25) is 15.0 Å². The molecule has 7 nitrogen and oxygen atoms in total. The lowest BCUT2D eigenvalue weighted by molar-refractivity contribution is 0.0933. The summed E-state index contributed by atoms with van der Waals surface area (Å²) in [5, 5.41) is 0.238. The lowest BCUT2D eigenvalue weighted by atomic mass is 10.2. The number of aromatic nitrogens is 2. The average molecular weight is 413 g/mol. The molecule has 0 N–H and O–H groups in total. The van der Waals surface area contributed by atoms with Gasteiger partial charge in [-0.1, -0.05) is 13.8 Å². The molecular formula is C20H36N4O3S. The van der Waals surface area contributed by atoms with Gasteiger partial charge in [0.15, 0.2) is 0 Å². The van der Waals surface area contributed by atoms with Gasteiger partial charge in [-0.15, -0.1) is 0 Å². The van der Waals surface area contributed by atoms with E-state index in [1.807, 2.05) is 4.57 Å². The fourth-order valence-corrected chi connectivity index (χ4v) is 5.67. The Labute approximate surface area is 170 Å². The van der Waals surface area contributed by atoms with Crippen LogP contribution in [0, 0.1) is 5.92 Å². The van der Waals surface area contributed by atoms with E-state index in [1.54, 1.807) is 6.20 Å². The predicted octanol–water partition coefficient (Wildman–Crippen LogP) is 2.02. The molecule has 1 aliphatic heterocycles. The number of imidazole rings is 1. The normalized spacial score (nSPS) is 20.5. The van der Waals surface area contributed by atoms with E-state index in [0.29, 0.717) is 19.0 Å². The molecule has 1 aromatic heterocycles. The minimum Gasteiger partial charge on any atom is -0.376 e. The van der Waals surface area contributed by atoms with Crippen LogP contribution in [0.2, 0.25) is 0 Å². The first kappa shape index (κ1) is 21.7. The average Bonchev–Trinajstić information content (AvgIpc) is 3.15. The number of likely N-dealkylation sites (N-methyl/N-ethyl adjacent to an activating group) is 2. The van der Waals surface area contributed by atoms with Gasteiger partial charge in [0, 0.05) is 26.2 Å². The third kappa shape index (κ3) is 5.78. The Bertz CT molecular complexity index is 720. The van der Waals surface area contributed by atoms with Gasteiger partial charge < -0.3 is 14.2 Å². The van der Waals surface area contributed by atoms with Crippen LogP contribution in [0.25, 0.3) is 0 Å². The zero-order valence-electron chi connectivity index (χ0n) is 17.6. The largest absolute Gasteiger partial charge is 0.376 e. The number of nitrogens with zero attached hydrogens (tertiary/aromatic N) is 4. The van der Waals surface area contributed by atoms with Crippen molar-refractivity contribution in [2.24, 2.45) is 5.92 Å².